The quantitative estimate of drug-likeness (QED) is 0.589. The molecule has 0 saturated carbocycles. The first kappa shape index (κ1) is 13.0. The number of hydrogen-bond acceptors (Lipinski definition) is 6. The number of nitrogens with zero attached hydrogens (tertiary/aromatic N) is 4. The monoisotopic (exact) mass is 250 g/mol. The Balaban J connectivity index is 2.35. The predicted molar refractivity (Wildman–Crippen MR) is 73.6 cm³/mol. The Labute approximate surface area is 108 Å². The van der Waals surface area contributed by atoms with Crippen LogP contribution >= 0.6 is 0 Å². The fourth-order valence-electron chi connectivity index (χ4n) is 2.49. The number of rotatable bonds is 2. The van der Waals surface area contributed by atoms with Crippen LogP contribution in [0.4, 0.5) is 11.6 Å². The highest BCUT2D eigenvalue weighted by Crippen LogP contribution is 2.25. The van der Waals surface area contributed by atoms with Crippen molar-refractivity contribution in [1.82, 2.24) is 14.9 Å². The van der Waals surface area contributed by atoms with Gasteiger partial charge in [-0.1, -0.05) is 0 Å². The maximum Gasteiger partial charge on any atom is 0.148 e. The molecule has 1 saturated heterocycles. The summed E-state index contributed by atoms with van der Waals surface area (Å²) >= 11 is 0. The lowest BCUT2D eigenvalue weighted by Crippen LogP contribution is -2.51. The van der Waals surface area contributed by atoms with Gasteiger partial charge < -0.3 is 15.2 Å². The van der Waals surface area contributed by atoms with Gasteiger partial charge in [0.25, 0.3) is 0 Å². The van der Waals surface area contributed by atoms with E-state index < -0.39 is 0 Å². The lowest BCUT2D eigenvalue weighted by molar-refractivity contribution is 0.274. The largest absolute Gasteiger partial charge is 0.351 e. The molecule has 1 unspecified atom stereocenters. The summed E-state index contributed by atoms with van der Waals surface area (Å²) in [5, 5.41) is 0. The van der Waals surface area contributed by atoms with Gasteiger partial charge in [-0.15, -0.1) is 0 Å². The minimum Gasteiger partial charge on any atom is -0.351 e. The molecule has 1 fully saturated rings. The smallest absolute Gasteiger partial charge is 0.148 e. The second-order valence-corrected chi connectivity index (χ2v) is 5.02. The number of nitrogen functional groups attached to an aromatic ring is 1. The Morgan fingerprint density at radius 3 is 2.61 bits per heavy atom. The molecule has 2 heterocycles. The van der Waals surface area contributed by atoms with E-state index in [0.717, 1.165) is 36.8 Å². The summed E-state index contributed by atoms with van der Waals surface area (Å²) in [5.41, 5.74) is 3.66. The molecule has 2 rings (SSSR count). The summed E-state index contributed by atoms with van der Waals surface area (Å²) in [6, 6.07) is 0.447. The van der Waals surface area contributed by atoms with Crippen LogP contribution in [-0.2, 0) is 0 Å². The standard InChI is InChI=1S/C12H22N6/c1-8-7-17(4)5-6-18(8)12-9(2)11(16-13)14-10(3)15-12/h8H,5-7,13H2,1-4H3,(H,14,15,16). The molecular formula is C12H22N6. The number of likely N-dealkylation sites (N-methyl/N-ethyl adjacent to an activating group) is 1. The van der Waals surface area contributed by atoms with E-state index in [-0.39, 0.29) is 0 Å². The van der Waals surface area contributed by atoms with Crippen molar-refractivity contribution in [2.24, 2.45) is 5.84 Å². The van der Waals surface area contributed by atoms with Crippen molar-refractivity contribution < 1.29 is 0 Å². The van der Waals surface area contributed by atoms with Crippen LogP contribution in [0.5, 0.6) is 0 Å². The molecule has 0 radical (unpaired) electrons. The summed E-state index contributed by atoms with van der Waals surface area (Å²) in [6.45, 7) is 9.21. The van der Waals surface area contributed by atoms with Crippen molar-refractivity contribution in [2.75, 3.05) is 37.0 Å². The molecule has 1 aromatic heterocycles. The van der Waals surface area contributed by atoms with Crippen LogP contribution in [0.25, 0.3) is 0 Å². The number of aromatic nitrogens is 2. The molecule has 0 bridgehead atoms. The Morgan fingerprint density at radius 1 is 1.28 bits per heavy atom. The van der Waals surface area contributed by atoms with E-state index in [0.29, 0.717) is 11.9 Å². The molecule has 1 aliphatic rings. The minimum absolute atomic E-state index is 0.447. The first-order valence-corrected chi connectivity index (χ1v) is 6.30. The van der Waals surface area contributed by atoms with Crippen molar-refractivity contribution in [1.29, 1.82) is 0 Å². The first-order valence-electron chi connectivity index (χ1n) is 6.30. The van der Waals surface area contributed by atoms with Crippen LogP contribution in [0.3, 0.4) is 0 Å². The number of aryl methyl sites for hydroxylation is 1. The van der Waals surface area contributed by atoms with Crippen molar-refractivity contribution in [3.63, 3.8) is 0 Å². The average molecular weight is 250 g/mol. The molecule has 1 aliphatic heterocycles. The Bertz CT molecular complexity index is 433. The zero-order chi connectivity index (χ0) is 13.3. The summed E-state index contributed by atoms with van der Waals surface area (Å²) in [5.74, 6) is 7.96. The fourth-order valence-corrected chi connectivity index (χ4v) is 2.49. The SMILES string of the molecule is Cc1nc(NN)c(C)c(N2CCN(C)CC2C)n1. The zero-order valence-electron chi connectivity index (χ0n) is 11.6. The van der Waals surface area contributed by atoms with E-state index in [1.165, 1.54) is 0 Å². The van der Waals surface area contributed by atoms with E-state index >= 15 is 0 Å². The van der Waals surface area contributed by atoms with Gasteiger partial charge in [0.2, 0.25) is 0 Å². The molecule has 18 heavy (non-hydrogen) atoms. The molecule has 0 amide bonds. The van der Waals surface area contributed by atoms with E-state index in [2.05, 4.69) is 39.2 Å². The highest BCUT2D eigenvalue weighted by atomic mass is 15.3. The molecule has 100 valence electrons. The van der Waals surface area contributed by atoms with Gasteiger partial charge in [-0.05, 0) is 27.8 Å². The second kappa shape index (κ2) is 5.07. The number of nitrogens with one attached hydrogen (secondary N) is 1. The highest BCUT2D eigenvalue weighted by Gasteiger charge is 2.25. The lowest BCUT2D eigenvalue weighted by Gasteiger charge is -2.39. The predicted octanol–water partition coefficient (Wildman–Crippen LogP) is 0.519. The van der Waals surface area contributed by atoms with E-state index in [9.17, 15) is 0 Å². The summed E-state index contributed by atoms with van der Waals surface area (Å²) in [7, 11) is 2.15. The van der Waals surface area contributed by atoms with E-state index in [1.54, 1.807) is 0 Å². The van der Waals surface area contributed by atoms with Crippen molar-refractivity contribution in [2.45, 2.75) is 26.8 Å². The van der Waals surface area contributed by atoms with Gasteiger partial charge in [0.15, 0.2) is 0 Å². The van der Waals surface area contributed by atoms with Gasteiger partial charge in [0.1, 0.15) is 17.5 Å². The summed E-state index contributed by atoms with van der Waals surface area (Å²) in [4.78, 5) is 13.6. The summed E-state index contributed by atoms with van der Waals surface area (Å²) < 4.78 is 0. The van der Waals surface area contributed by atoms with Crippen LogP contribution in [0.2, 0.25) is 0 Å². The molecule has 0 spiro atoms. The molecule has 6 heteroatoms. The van der Waals surface area contributed by atoms with Gasteiger partial charge in [-0.2, -0.15) is 0 Å². The zero-order valence-corrected chi connectivity index (χ0v) is 11.6. The van der Waals surface area contributed by atoms with Crippen LogP contribution in [0, 0.1) is 13.8 Å². The van der Waals surface area contributed by atoms with Crippen LogP contribution in [0.15, 0.2) is 0 Å². The van der Waals surface area contributed by atoms with Crippen molar-refractivity contribution >= 4 is 11.6 Å². The van der Waals surface area contributed by atoms with Crippen LogP contribution in [0.1, 0.15) is 18.3 Å². The Hall–Kier alpha value is -1.40. The van der Waals surface area contributed by atoms with Crippen LogP contribution in [-0.4, -0.2) is 47.6 Å². The van der Waals surface area contributed by atoms with Crippen molar-refractivity contribution in [3.8, 4) is 0 Å². The lowest BCUT2D eigenvalue weighted by atomic mass is 10.1. The van der Waals surface area contributed by atoms with E-state index in [1.807, 2.05) is 13.8 Å². The van der Waals surface area contributed by atoms with Gasteiger partial charge in [0.05, 0.1) is 0 Å². The molecule has 3 N–H and O–H groups in total. The van der Waals surface area contributed by atoms with Gasteiger partial charge >= 0.3 is 0 Å². The Morgan fingerprint density at radius 2 is 2.00 bits per heavy atom. The second-order valence-electron chi connectivity index (χ2n) is 5.02. The first-order chi connectivity index (χ1) is 8.52. The molecule has 0 aromatic carbocycles. The molecule has 1 atom stereocenters. The number of piperazine rings is 1. The topological polar surface area (TPSA) is 70.3 Å². The number of hydrogen-bond donors (Lipinski definition) is 2. The Kier molecular flexibility index (Phi) is 3.68. The van der Waals surface area contributed by atoms with Gasteiger partial charge in [-0.25, -0.2) is 15.8 Å². The summed E-state index contributed by atoms with van der Waals surface area (Å²) in [6.07, 6.45) is 0. The van der Waals surface area contributed by atoms with Gasteiger partial charge in [0, 0.05) is 31.2 Å². The van der Waals surface area contributed by atoms with E-state index in [4.69, 9.17) is 5.84 Å². The fraction of sp³-hybridized carbons (Fsp3) is 0.667. The third-order valence-corrected chi connectivity index (χ3v) is 3.47. The average Bonchev–Trinajstić information content (AvgIpc) is 2.32. The number of anilines is 2. The third kappa shape index (κ3) is 2.39. The maximum atomic E-state index is 5.51. The molecule has 6 nitrogen and oxygen atoms in total. The highest BCUT2D eigenvalue weighted by molar-refractivity contribution is 5.58. The maximum absolute atomic E-state index is 5.51. The normalized spacial score (nSPS) is 21.2. The minimum atomic E-state index is 0.447. The third-order valence-electron chi connectivity index (χ3n) is 3.47. The van der Waals surface area contributed by atoms with Crippen LogP contribution < -0.4 is 16.2 Å². The van der Waals surface area contributed by atoms with Crippen molar-refractivity contribution in [3.05, 3.63) is 11.4 Å². The van der Waals surface area contributed by atoms with Gasteiger partial charge in [-0.3, -0.25) is 0 Å². The molecule has 1 aromatic rings. The molecule has 0 aliphatic carbocycles. The number of hydrazine groups is 1. The molecular weight excluding hydrogens is 228 g/mol. The number of nitrogens with two attached hydrogens (primary N) is 1.